The fourth-order valence-corrected chi connectivity index (χ4v) is 2.46. The number of nitrogens with one attached hydrogen (secondary N) is 1. The first-order chi connectivity index (χ1) is 12.1. The summed E-state index contributed by atoms with van der Waals surface area (Å²) in [5.74, 6) is -0.690. The van der Waals surface area contributed by atoms with Gasteiger partial charge < -0.3 is 10.1 Å². The van der Waals surface area contributed by atoms with Gasteiger partial charge in [-0.3, -0.25) is 4.79 Å². The standard InChI is InChI=1S/C20H20N2O3/c1-25-20(24)18(13-16-7-9-17(14-21)10-8-16)22-19(23)12-11-15-5-3-2-4-6-15/h2-10,18H,11-13H2,1H3,(H,22,23)/t18-/m0/s1. The molecular formula is C20H20N2O3. The molecule has 0 spiro atoms. The lowest BCUT2D eigenvalue weighted by atomic mass is 10.0. The number of rotatable bonds is 7. The third-order valence-electron chi connectivity index (χ3n) is 3.83. The van der Waals surface area contributed by atoms with Crippen molar-refractivity contribution in [1.29, 1.82) is 5.26 Å². The van der Waals surface area contributed by atoms with E-state index in [0.29, 0.717) is 24.8 Å². The molecule has 0 aliphatic carbocycles. The summed E-state index contributed by atoms with van der Waals surface area (Å²) in [6.45, 7) is 0. The van der Waals surface area contributed by atoms with Crippen molar-refractivity contribution < 1.29 is 14.3 Å². The van der Waals surface area contributed by atoms with Gasteiger partial charge in [0.15, 0.2) is 0 Å². The molecule has 0 aliphatic rings. The van der Waals surface area contributed by atoms with E-state index in [4.69, 9.17) is 10.00 Å². The van der Waals surface area contributed by atoms with Gasteiger partial charge in [-0.05, 0) is 29.7 Å². The number of hydrogen-bond acceptors (Lipinski definition) is 4. The summed E-state index contributed by atoms with van der Waals surface area (Å²) in [7, 11) is 1.30. The average molecular weight is 336 g/mol. The normalized spacial score (nSPS) is 11.2. The molecule has 128 valence electrons. The highest BCUT2D eigenvalue weighted by Crippen LogP contribution is 2.08. The number of hydrogen-bond donors (Lipinski definition) is 1. The van der Waals surface area contributed by atoms with Gasteiger partial charge in [0.25, 0.3) is 0 Å². The number of ether oxygens (including phenoxy) is 1. The van der Waals surface area contributed by atoms with Crippen LogP contribution in [0.5, 0.6) is 0 Å². The van der Waals surface area contributed by atoms with Crippen molar-refractivity contribution in [2.24, 2.45) is 0 Å². The second kappa shape index (κ2) is 9.24. The third kappa shape index (κ3) is 5.78. The minimum absolute atomic E-state index is 0.201. The molecule has 0 heterocycles. The van der Waals surface area contributed by atoms with Crippen LogP contribution in [-0.2, 0) is 27.2 Å². The van der Waals surface area contributed by atoms with Gasteiger partial charge in [-0.25, -0.2) is 4.79 Å². The topological polar surface area (TPSA) is 79.2 Å². The maximum Gasteiger partial charge on any atom is 0.328 e. The monoisotopic (exact) mass is 336 g/mol. The van der Waals surface area contributed by atoms with Crippen LogP contribution in [0.25, 0.3) is 0 Å². The van der Waals surface area contributed by atoms with E-state index in [-0.39, 0.29) is 5.91 Å². The van der Waals surface area contributed by atoms with Crippen LogP contribution in [0.1, 0.15) is 23.1 Å². The first-order valence-electron chi connectivity index (χ1n) is 8.02. The van der Waals surface area contributed by atoms with Crippen LogP contribution in [0, 0.1) is 11.3 Å². The molecule has 0 aromatic heterocycles. The fourth-order valence-electron chi connectivity index (χ4n) is 2.46. The molecule has 2 aromatic rings. The van der Waals surface area contributed by atoms with Crippen LogP contribution in [-0.4, -0.2) is 25.0 Å². The van der Waals surface area contributed by atoms with E-state index >= 15 is 0 Å². The summed E-state index contributed by atoms with van der Waals surface area (Å²) in [6, 6.07) is 17.9. The van der Waals surface area contributed by atoms with E-state index in [1.54, 1.807) is 24.3 Å². The molecule has 1 amide bonds. The number of nitrogens with zero attached hydrogens (tertiary/aromatic N) is 1. The summed E-state index contributed by atoms with van der Waals surface area (Å²) in [5.41, 5.74) is 2.46. The number of nitriles is 1. The van der Waals surface area contributed by atoms with Gasteiger partial charge in [-0.15, -0.1) is 0 Å². The maximum atomic E-state index is 12.2. The van der Waals surface area contributed by atoms with Crippen molar-refractivity contribution in [1.82, 2.24) is 5.32 Å². The highest BCUT2D eigenvalue weighted by atomic mass is 16.5. The molecule has 0 unspecified atom stereocenters. The third-order valence-corrected chi connectivity index (χ3v) is 3.83. The Morgan fingerprint density at radius 2 is 1.76 bits per heavy atom. The van der Waals surface area contributed by atoms with Gasteiger partial charge in [-0.2, -0.15) is 5.26 Å². The minimum atomic E-state index is -0.749. The molecule has 0 fully saturated rings. The second-order valence-corrected chi connectivity index (χ2v) is 5.64. The zero-order valence-corrected chi connectivity index (χ0v) is 14.1. The predicted octanol–water partition coefficient (Wildman–Crippen LogP) is 2.39. The molecule has 1 N–H and O–H groups in total. The Balaban J connectivity index is 1.95. The summed E-state index contributed by atoms with van der Waals surface area (Å²) >= 11 is 0. The number of carbonyl (C=O) groups excluding carboxylic acids is 2. The summed E-state index contributed by atoms with van der Waals surface area (Å²) in [4.78, 5) is 24.1. The minimum Gasteiger partial charge on any atom is -0.467 e. The van der Waals surface area contributed by atoms with Gasteiger partial charge >= 0.3 is 5.97 Å². The van der Waals surface area contributed by atoms with Gasteiger partial charge in [0, 0.05) is 12.8 Å². The van der Waals surface area contributed by atoms with Crippen LogP contribution >= 0.6 is 0 Å². The van der Waals surface area contributed by atoms with Crippen molar-refractivity contribution in [3.63, 3.8) is 0 Å². The Hall–Kier alpha value is -3.13. The number of benzene rings is 2. The Kier molecular flexibility index (Phi) is 6.73. The van der Waals surface area contributed by atoms with Crippen LogP contribution < -0.4 is 5.32 Å². The van der Waals surface area contributed by atoms with Crippen molar-refractivity contribution in [2.45, 2.75) is 25.3 Å². The fraction of sp³-hybridized carbons (Fsp3) is 0.250. The molecule has 25 heavy (non-hydrogen) atoms. The van der Waals surface area contributed by atoms with E-state index in [1.807, 2.05) is 36.4 Å². The van der Waals surface area contributed by atoms with E-state index in [1.165, 1.54) is 7.11 Å². The Bertz CT molecular complexity index is 749. The number of esters is 1. The van der Waals surface area contributed by atoms with Crippen LogP contribution in [0.4, 0.5) is 0 Å². The first kappa shape index (κ1) is 18.2. The smallest absolute Gasteiger partial charge is 0.328 e. The summed E-state index contributed by atoms with van der Waals surface area (Å²) in [5, 5.41) is 11.6. The summed E-state index contributed by atoms with van der Waals surface area (Å²) < 4.78 is 4.79. The van der Waals surface area contributed by atoms with E-state index < -0.39 is 12.0 Å². The van der Waals surface area contributed by atoms with Crippen molar-refractivity contribution in [3.8, 4) is 6.07 Å². The predicted molar refractivity (Wildman–Crippen MR) is 93.6 cm³/mol. The Labute approximate surface area is 147 Å². The number of carbonyl (C=O) groups is 2. The van der Waals surface area contributed by atoms with Crippen LogP contribution in [0.2, 0.25) is 0 Å². The van der Waals surface area contributed by atoms with Gasteiger partial charge in [-0.1, -0.05) is 42.5 Å². The molecule has 2 rings (SSSR count). The highest BCUT2D eigenvalue weighted by Gasteiger charge is 2.21. The van der Waals surface area contributed by atoms with Crippen molar-refractivity contribution in [2.75, 3.05) is 7.11 Å². The zero-order chi connectivity index (χ0) is 18.1. The SMILES string of the molecule is COC(=O)[C@H](Cc1ccc(C#N)cc1)NC(=O)CCc1ccccc1. The largest absolute Gasteiger partial charge is 0.467 e. The van der Waals surface area contributed by atoms with E-state index in [9.17, 15) is 9.59 Å². The molecule has 0 radical (unpaired) electrons. The van der Waals surface area contributed by atoms with Crippen molar-refractivity contribution >= 4 is 11.9 Å². The summed E-state index contributed by atoms with van der Waals surface area (Å²) in [6.07, 6.45) is 1.22. The molecule has 0 bridgehead atoms. The Morgan fingerprint density at radius 3 is 2.36 bits per heavy atom. The molecule has 2 aromatic carbocycles. The zero-order valence-electron chi connectivity index (χ0n) is 14.1. The molecule has 0 aliphatic heterocycles. The second-order valence-electron chi connectivity index (χ2n) is 5.64. The van der Waals surface area contributed by atoms with Gasteiger partial charge in [0.2, 0.25) is 5.91 Å². The molecule has 5 nitrogen and oxygen atoms in total. The number of methoxy groups -OCH3 is 1. The number of aryl methyl sites for hydroxylation is 1. The Morgan fingerprint density at radius 1 is 1.08 bits per heavy atom. The van der Waals surface area contributed by atoms with Crippen LogP contribution in [0.15, 0.2) is 54.6 Å². The lowest BCUT2D eigenvalue weighted by Crippen LogP contribution is -2.43. The molecule has 5 heteroatoms. The molecule has 0 saturated carbocycles. The lowest BCUT2D eigenvalue weighted by Gasteiger charge is -2.16. The molecule has 0 saturated heterocycles. The quantitative estimate of drug-likeness (QED) is 0.788. The maximum absolute atomic E-state index is 12.2. The first-order valence-corrected chi connectivity index (χ1v) is 8.02. The highest BCUT2D eigenvalue weighted by molar-refractivity contribution is 5.84. The van der Waals surface area contributed by atoms with Crippen molar-refractivity contribution in [3.05, 3.63) is 71.3 Å². The van der Waals surface area contributed by atoms with Crippen LogP contribution in [0.3, 0.4) is 0 Å². The lowest BCUT2D eigenvalue weighted by molar-refractivity contribution is -0.145. The average Bonchev–Trinajstić information content (AvgIpc) is 2.66. The van der Waals surface area contributed by atoms with E-state index in [2.05, 4.69) is 5.32 Å². The van der Waals surface area contributed by atoms with E-state index in [0.717, 1.165) is 11.1 Å². The number of amides is 1. The van der Waals surface area contributed by atoms with Gasteiger partial charge in [0.05, 0.1) is 18.7 Å². The molecular weight excluding hydrogens is 316 g/mol. The van der Waals surface area contributed by atoms with Gasteiger partial charge in [0.1, 0.15) is 6.04 Å². The molecule has 1 atom stereocenters.